The molecular weight excluding hydrogens is 170 g/mol. The number of aromatic amines is 1. The summed E-state index contributed by atoms with van der Waals surface area (Å²) in [7, 11) is 0. The lowest BCUT2D eigenvalue weighted by Gasteiger charge is -2.05. The van der Waals surface area contributed by atoms with E-state index in [0.29, 0.717) is 12.0 Å². The zero-order chi connectivity index (χ0) is 9.42. The highest BCUT2D eigenvalue weighted by atomic mass is 16.1. The third-order valence-corrected chi connectivity index (χ3v) is 1.75. The summed E-state index contributed by atoms with van der Waals surface area (Å²) in [4.78, 5) is 25.7. The maximum absolute atomic E-state index is 11.3. The van der Waals surface area contributed by atoms with E-state index in [4.69, 9.17) is 5.73 Å². The molecule has 0 bridgehead atoms. The number of hydrogen-bond acceptors (Lipinski definition) is 5. The second-order valence-corrected chi connectivity index (χ2v) is 2.94. The number of nitrogens with two attached hydrogens (primary N) is 1. The smallest absolute Gasteiger partial charge is 0.280 e. The zero-order valence-corrected chi connectivity index (χ0v) is 7.11. The number of nitrogen functional groups attached to an aromatic ring is 1. The Bertz CT molecular complexity index is 503. The van der Waals surface area contributed by atoms with E-state index in [-0.39, 0.29) is 22.9 Å². The van der Waals surface area contributed by atoms with Crippen molar-refractivity contribution in [2.75, 3.05) is 12.3 Å². The van der Waals surface area contributed by atoms with Crippen molar-refractivity contribution >= 4 is 5.95 Å². The first-order valence-corrected chi connectivity index (χ1v) is 3.95. The third-order valence-electron chi connectivity index (χ3n) is 1.75. The number of nitrogens with zero attached hydrogens (tertiary/aromatic N) is 3. The van der Waals surface area contributed by atoms with Gasteiger partial charge in [0.05, 0.1) is 12.6 Å². The van der Waals surface area contributed by atoms with Crippen molar-refractivity contribution in [3.8, 4) is 0 Å². The first kappa shape index (κ1) is 7.90. The van der Waals surface area contributed by atoms with Gasteiger partial charge in [0.2, 0.25) is 5.95 Å². The highest BCUT2D eigenvalue weighted by Gasteiger charge is 2.07. The molecule has 1 aliphatic rings. The lowest BCUT2D eigenvalue weighted by molar-refractivity contribution is 0.673. The molecule has 0 saturated carbocycles. The molecule has 2 heterocycles. The molecule has 1 unspecified atom stereocenters. The summed E-state index contributed by atoms with van der Waals surface area (Å²) < 4.78 is 0. The topological polar surface area (TPSA) is 96.5 Å². The molecule has 6 heteroatoms. The maximum Gasteiger partial charge on any atom is 0.280 e. The molecule has 0 aromatic carbocycles. The molecular formula is C7H9N5O. The van der Waals surface area contributed by atoms with Crippen molar-refractivity contribution in [1.82, 2.24) is 9.97 Å². The van der Waals surface area contributed by atoms with E-state index in [0.717, 1.165) is 0 Å². The van der Waals surface area contributed by atoms with Gasteiger partial charge in [0.15, 0.2) is 10.8 Å². The number of nitrogens with one attached hydrogen (secondary N) is 1. The van der Waals surface area contributed by atoms with Gasteiger partial charge < -0.3 is 5.73 Å². The van der Waals surface area contributed by atoms with Gasteiger partial charge in [-0.1, -0.05) is 0 Å². The van der Waals surface area contributed by atoms with E-state index in [1.807, 2.05) is 6.92 Å². The number of rotatable bonds is 0. The van der Waals surface area contributed by atoms with Gasteiger partial charge in [-0.3, -0.25) is 19.8 Å². The predicted octanol–water partition coefficient (Wildman–Crippen LogP) is -2.01. The van der Waals surface area contributed by atoms with Crippen LogP contribution in [0, 0.1) is 0 Å². The lowest BCUT2D eigenvalue weighted by Crippen LogP contribution is -2.47. The molecule has 1 aliphatic heterocycles. The van der Waals surface area contributed by atoms with E-state index >= 15 is 0 Å². The molecule has 3 N–H and O–H groups in total. The van der Waals surface area contributed by atoms with Crippen LogP contribution >= 0.6 is 0 Å². The summed E-state index contributed by atoms with van der Waals surface area (Å²) in [6.07, 6.45) is 0. The van der Waals surface area contributed by atoms with Gasteiger partial charge in [0.25, 0.3) is 5.56 Å². The van der Waals surface area contributed by atoms with Crippen LogP contribution in [0.3, 0.4) is 0 Å². The number of hydrogen-bond donors (Lipinski definition) is 2. The van der Waals surface area contributed by atoms with Crippen LogP contribution in [0.1, 0.15) is 6.92 Å². The van der Waals surface area contributed by atoms with E-state index in [9.17, 15) is 4.79 Å². The van der Waals surface area contributed by atoms with Gasteiger partial charge in [0, 0.05) is 0 Å². The highest BCUT2D eigenvalue weighted by molar-refractivity contribution is 5.12. The summed E-state index contributed by atoms with van der Waals surface area (Å²) in [5.74, 6) is 0.0804. The van der Waals surface area contributed by atoms with Crippen LogP contribution < -0.4 is 22.1 Å². The Hall–Kier alpha value is -1.72. The monoisotopic (exact) mass is 179 g/mol. The SMILES string of the molecule is CC1CN=c2c(nc(N)[nH]c2=O)=N1. The minimum Gasteiger partial charge on any atom is -0.369 e. The van der Waals surface area contributed by atoms with Crippen LogP contribution in [0.25, 0.3) is 0 Å². The third kappa shape index (κ3) is 1.30. The molecule has 2 rings (SSSR count). The molecule has 68 valence electrons. The fourth-order valence-electron chi connectivity index (χ4n) is 1.18. The number of anilines is 1. The Morgan fingerprint density at radius 1 is 1.62 bits per heavy atom. The van der Waals surface area contributed by atoms with E-state index in [1.165, 1.54) is 0 Å². The molecule has 1 aromatic heterocycles. The summed E-state index contributed by atoms with van der Waals surface area (Å²) >= 11 is 0. The number of fused-ring (bicyclic) bond motifs is 1. The summed E-state index contributed by atoms with van der Waals surface area (Å²) in [6.45, 7) is 2.44. The van der Waals surface area contributed by atoms with Crippen molar-refractivity contribution < 1.29 is 0 Å². The van der Waals surface area contributed by atoms with Gasteiger partial charge >= 0.3 is 0 Å². The Morgan fingerprint density at radius 2 is 2.38 bits per heavy atom. The van der Waals surface area contributed by atoms with Crippen molar-refractivity contribution in [3.63, 3.8) is 0 Å². The normalized spacial score (nSPS) is 19.9. The summed E-state index contributed by atoms with van der Waals surface area (Å²) in [5, 5.41) is 0.285. The predicted molar refractivity (Wildman–Crippen MR) is 45.9 cm³/mol. The van der Waals surface area contributed by atoms with Crippen LogP contribution in [-0.2, 0) is 0 Å². The number of aromatic nitrogens is 2. The average molecular weight is 179 g/mol. The van der Waals surface area contributed by atoms with Crippen LogP contribution in [0.5, 0.6) is 0 Å². The Kier molecular flexibility index (Phi) is 1.61. The molecule has 1 aromatic rings. The molecule has 1 atom stereocenters. The van der Waals surface area contributed by atoms with Crippen LogP contribution in [-0.4, -0.2) is 22.6 Å². The molecule has 0 spiro atoms. The van der Waals surface area contributed by atoms with Crippen LogP contribution in [0.4, 0.5) is 5.95 Å². The van der Waals surface area contributed by atoms with Crippen LogP contribution in [0.2, 0.25) is 0 Å². The Labute approximate surface area is 73.3 Å². The second-order valence-electron chi connectivity index (χ2n) is 2.94. The quantitative estimate of drug-likeness (QED) is 0.481. The number of H-pyrrole nitrogens is 1. The molecule has 0 radical (unpaired) electrons. The first-order chi connectivity index (χ1) is 6.16. The minimum atomic E-state index is -0.321. The molecule has 6 nitrogen and oxygen atoms in total. The second kappa shape index (κ2) is 2.65. The van der Waals surface area contributed by atoms with Gasteiger partial charge in [-0.25, -0.2) is 0 Å². The fraction of sp³-hybridized carbons (Fsp3) is 0.429. The van der Waals surface area contributed by atoms with Crippen molar-refractivity contribution in [3.05, 3.63) is 21.2 Å². The molecule has 0 saturated heterocycles. The van der Waals surface area contributed by atoms with E-state index in [2.05, 4.69) is 20.0 Å². The molecule has 0 fully saturated rings. The van der Waals surface area contributed by atoms with Crippen molar-refractivity contribution in [2.45, 2.75) is 13.0 Å². The summed E-state index contributed by atoms with van der Waals surface area (Å²) in [5.41, 5.74) is 5.39. The van der Waals surface area contributed by atoms with E-state index in [1.54, 1.807) is 0 Å². The van der Waals surface area contributed by atoms with Gasteiger partial charge in [0.1, 0.15) is 0 Å². The maximum atomic E-state index is 11.3. The van der Waals surface area contributed by atoms with Gasteiger partial charge in [-0.05, 0) is 6.92 Å². The van der Waals surface area contributed by atoms with E-state index < -0.39 is 0 Å². The fourth-order valence-corrected chi connectivity index (χ4v) is 1.18. The molecule has 0 aliphatic carbocycles. The first-order valence-electron chi connectivity index (χ1n) is 3.95. The Morgan fingerprint density at radius 3 is 3.15 bits per heavy atom. The largest absolute Gasteiger partial charge is 0.369 e. The molecule has 13 heavy (non-hydrogen) atoms. The lowest BCUT2D eigenvalue weighted by atomic mass is 10.3. The van der Waals surface area contributed by atoms with Crippen molar-refractivity contribution in [2.24, 2.45) is 9.98 Å². The van der Waals surface area contributed by atoms with Crippen LogP contribution in [0.15, 0.2) is 14.8 Å². The minimum absolute atomic E-state index is 0.0706. The van der Waals surface area contributed by atoms with Gasteiger partial charge in [-0.2, -0.15) is 4.98 Å². The van der Waals surface area contributed by atoms with Gasteiger partial charge in [-0.15, -0.1) is 0 Å². The highest BCUT2D eigenvalue weighted by Crippen LogP contribution is 1.88. The van der Waals surface area contributed by atoms with Crippen molar-refractivity contribution in [1.29, 1.82) is 0 Å². The summed E-state index contributed by atoms with van der Waals surface area (Å²) in [6, 6.07) is 0.0706. The Balaban J connectivity index is 2.88. The standard InChI is InChI=1S/C7H9N5O/c1-3-2-9-4-5(10-3)11-7(8)12-6(4)13/h3H,2H2,1H3,(H3,8,10,11,12,13). The average Bonchev–Trinajstić information content (AvgIpc) is 2.02. The molecule has 0 amide bonds. The zero-order valence-electron chi connectivity index (χ0n) is 7.11.